The van der Waals surface area contributed by atoms with Crippen molar-refractivity contribution in [2.75, 3.05) is 18.0 Å². The van der Waals surface area contributed by atoms with Gasteiger partial charge in [0.2, 0.25) is 10.0 Å². The Kier molecular flexibility index (Phi) is 5.36. The maximum Gasteiger partial charge on any atom is 0.328 e. The second kappa shape index (κ2) is 6.44. The number of rotatable bonds is 7. The largest absolute Gasteiger partial charge is 0.480 e. The molecule has 0 amide bonds. The van der Waals surface area contributed by atoms with Gasteiger partial charge in [-0.25, -0.2) is 17.9 Å². The zero-order valence-electron chi connectivity index (χ0n) is 12.8. The average Bonchev–Trinajstić information content (AvgIpc) is 2.39. The number of aliphatic carboxylic acids is 1. The first-order valence-electron chi connectivity index (χ1n) is 6.78. The molecule has 0 spiro atoms. The summed E-state index contributed by atoms with van der Waals surface area (Å²) < 4.78 is 27.0. The summed E-state index contributed by atoms with van der Waals surface area (Å²) in [4.78, 5) is 13.1. The van der Waals surface area contributed by atoms with Gasteiger partial charge in [0.05, 0.1) is 5.69 Å². The van der Waals surface area contributed by atoms with E-state index in [4.69, 9.17) is 0 Å². The second-order valence-corrected chi connectivity index (χ2v) is 6.81. The maximum atomic E-state index is 12.3. The van der Waals surface area contributed by atoms with Crippen LogP contribution in [0.5, 0.6) is 0 Å². The highest BCUT2D eigenvalue weighted by atomic mass is 32.2. The minimum atomic E-state index is -3.67. The minimum Gasteiger partial charge on any atom is -0.480 e. The van der Waals surface area contributed by atoms with Gasteiger partial charge in [-0.05, 0) is 32.9 Å². The Labute approximate surface area is 125 Å². The third-order valence-electron chi connectivity index (χ3n) is 3.29. The summed E-state index contributed by atoms with van der Waals surface area (Å²) in [6, 6.07) is 6.42. The van der Waals surface area contributed by atoms with Gasteiger partial charge in [-0.15, -0.1) is 0 Å². The highest BCUT2D eigenvalue weighted by molar-refractivity contribution is 7.89. The lowest BCUT2D eigenvalue weighted by Crippen LogP contribution is -2.51. The van der Waals surface area contributed by atoms with Crippen LogP contribution in [0.25, 0.3) is 0 Å². The van der Waals surface area contributed by atoms with Gasteiger partial charge in [0, 0.05) is 13.1 Å². The van der Waals surface area contributed by atoms with Crippen molar-refractivity contribution in [3.63, 3.8) is 0 Å². The smallest absolute Gasteiger partial charge is 0.328 e. The van der Waals surface area contributed by atoms with E-state index in [-0.39, 0.29) is 11.4 Å². The summed E-state index contributed by atoms with van der Waals surface area (Å²) in [5, 5.41) is 9.39. The van der Waals surface area contributed by atoms with Crippen LogP contribution in [0, 0.1) is 0 Å². The van der Waals surface area contributed by atoms with Crippen molar-refractivity contribution in [3.8, 4) is 0 Å². The van der Waals surface area contributed by atoms with Gasteiger partial charge < -0.3 is 10.0 Å². The van der Waals surface area contributed by atoms with Gasteiger partial charge in [-0.2, -0.15) is 0 Å². The summed E-state index contributed by atoms with van der Waals surface area (Å²) in [5.41, 5.74) is -0.833. The molecule has 0 unspecified atom stereocenters. The molecule has 6 nitrogen and oxygen atoms in total. The lowest BCUT2D eigenvalue weighted by Gasteiger charge is -2.37. The quantitative estimate of drug-likeness (QED) is 0.799. The number of hydrogen-bond donors (Lipinski definition) is 2. The number of nitrogens with one attached hydrogen (secondary N) is 1. The van der Waals surface area contributed by atoms with Crippen molar-refractivity contribution in [1.29, 1.82) is 0 Å². The molecule has 0 radical (unpaired) electrons. The number of anilines is 1. The van der Waals surface area contributed by atoms with Crippen LogP contribution in [0.4, 0.5) is 5.69 Å². The molecular formula is C14H22N2O4S. The van der Waals surface area contributed by atoms with E-state index in [0.29, 0.717) is 12.2 Å². The second-order valence-electron chi connectivity index (χ2n) is 5.08. The van der Waals surface area contributed by atoms with Gasteiger partial charge in [-0.3, -0.25) is 0 Å². The zero-order valence-corrected chi connectivity index (χ0v) is 13.6. The molecule has 0 heterocycles. The molecule has 1 aromatic rings. The molecule has 118 valence electrons. The predicted molar refractivity (Wildman–Crippen MR) is 82.0 cm³/mol. The molecular weight excluding hydrogens is 292 g/mol. The van der Waals surface area contributed by atoms with Gasteiger partial charge >= 0.3 is 5.97 Å². The first kappa shape index (κ1) is 17.5. The van der Waals surface area contributed by atoms with Gasteiger partial charge in [0.15, 0.2) is 0 Å². The Hall–Kier alpha value is -1.60. The van der Waals surface area contributed by atoms with E-state index in [1.807, 2.05) is 0 Å². The van der Waals surface area contributed by atoms with Gasteiger partial charge in [-0.1, -0.05) is 19.1 Å². The molecule has 0 atom stereocenters. The van der Waals surface area contributed by atoms with E-state index < -0.39 is 21.5 Å². The molecule has 0 fully saturated rings. The third kappa shape index (κ3) is 3.54. The standard InChI is InChI=1S/C14H22N2O4S/c1-5-15-21(19,20)12-10-8-7-9-11(12)16(6-2)14(3,4)13(17)18/h7-10,15H,5-6H2,1-4H3,(H,17,18). The first-order chi connectivity index (χ1) is 9.68. The van der Waals surface area contributed by atoms with Crippen LogP contribution in [0.1, 0.15) is 27.7 Å². The van der Waals surface area contributed by atoms with Crippen molar-refractivity contribution in [2.45, 2.75) is 38.1 Å². The Morgan fingerprint density at radius 2 is 1.86 bits per heavy atom. The molecule has 2 N–H and O–H groups in total. The summed E-state index contributed by atoms with van der Waals surface area (Å²) >= 11 is 0. The molecule has 0 aliphatic heterocycles. The summed E-state index contributed by atoms with van der Waals surface area (Å²) in [7, 11) is -3.67. The zero-order chi connectivity index (χ0) is 16.3. The molecule has 0 aliphatic rings. The average molecular weight is 314 g/mol. The van der Waals surface area contributed by atoms with Crippen LogP contribution in [0.15, 0.2) is 29.2 Å². The Bertz CT molecular complexity index is 611. The number of carboxylic acids is 1. The fourth-order valence-corrected chi connectivity index (χ4v) is 3.40. The molecule has 0 aromatic heterocycles. The number of sulfonamides is 1. The van der Waals surface area contributed by atoms with Crippen LogP contribution in [0.2, 0.25) is 0 Å². The number of benzene rings is 1. The maximum absolute atomic E-state index is 12.3. The molecule has 1 aromatic carbocycles. The predicted octanol–water partition coefficient (Wildman–Crippen LogP) is 1.67. The number of carboxylic acid groups (broad SMARTS) is 1. The Morgan fingerprint density at radius 3 is 2.33 bits per heavy atom. The van der Waals surface area contributed by atoms with E-state index in [0.717, 1.165) is 0 Å². The van der Waals surface area contributed by atoms with Crippen molar-refractivity contribution in [3.05, 3.63) is 24.3 Å². The van der Waals surface area contributed by atoms with Crippen LogP contribution >= 0.6 is 0 Å². The number of carbonyl (C=O) groups is 1. The molecule has 21 heavy (non-hydrogen) atoms. The number of para-hydroxylation sites is 1. The highest BCUT2D eigenvalue weighted by Crippen LogP contribution is 2.30. The summed E-state index contributed by atoms with van der Waals surface area (Å²) in [5.74, 6) is -1.01. The number of hydrogen-bond acceptors (Lipinski definition) is 4. The van der Waals surface area contributed by atoms with Crippen molar-refractivity contribution < 1.29 is 18.3 Å². The molecule has 0 bridgehead atoms. The summed E-state index contributed by atoms with van der Waals surface area (Å²) in [6.07, 6.45) is 0. The molecule has 0 saturated carbocycles. The van der Waals surface area contributed by atoms with Crippen LogP contribution in [-0.4, -0.2) is 38.1 Å². The van der Waals surface area contributed by atoms with E-state index in [9.17, 15) is 18.3 Å². The van der Waals surface area contributed by atoms with E-state index in [1.54, 1.807) is 50.8 Å². The molecule has 0 aliphatic carbocycles. The van der Waals surface area contributed by atoms with Crippen molar-refractivity contribution in [2.24, 2.45) is 0 Å². The molecule has 0 saturated heterocycles. The van der Waals surface area contributed by atoms with E-state index in [2.05, 4.69) is 4.72 Å². The van der Waals surface area contributed by atoms with Gasteiger partial charge in [0.1, 0.15) is 10.4 Å². The first-order valence-corrected chi connectivity index (χ1v) is 8.26. The monoisotopic (exact) mass is 314 g/mol. The number of nitrogens with zero attached hydrogens (tertiary/aromatic N) is 1. The van der Waals surface area contributed by atoms with Crippen LogP contribution in [0.3, 0.4) is 0 Å². The lowest BCUT2D eigenvalue weighted by atomic mass is 10.0. The van der Waals surface area contributed by atoms with Crippen LogP contribution in [-0.2, 0) is 14.8 Å². The number of likely N-dealkylation sites (N-methyl/N-ethyl adjacent to an activating group) is 1. The fraction of sp³-hybridized carbons (Fsp3) is 0.500. The van der Waals surface area contributed by atoms with E-state index >= 15 is 0 Å². The third-order valence-corrected chi connectivity index (χ3v) is 4.89. The Balaban J connectivity index is 3.47. The fourth-order valence-electron chi connectivity index (χ4n) is 2.16. The molecule has 7 heteroatoms. The van der Waals surface area contributed by atoms with Gasteiger partial charge in [0.25, 0.3) is 0 Å². The highest BCUT2D eigenvalue weighted by Gasteiger charge is 2.36. The van der Waals surface area contributed by atoms with Crippen molar-refractivity contribution >= 4 is 21.7 Å². The molecule has 1 rings (SSSR count). The normalized spacial score (nSPS) is 12.2. The summed E-state index contributed by atoms with van der Waals surface area (Å²) in [6.45, 7) is 7.23. The SMILES string of the molecule is CCNS(=O)(=O)c1ccccc1N(CC)C(C)(C)C(=O)O. The van der Waals surface area contributed by atoms with Crippen molar-refractivity contribution in [1.82, 2.24) is 4.72 Å². The lowest BCUT2D eigenvalue weighted by molar-refractivity contribution is -0.142. The van der Waals surface area contributed by atoms with E-state index in [1.165, 1.54) is 6.07 Å². The Morgan fingerprint density at radius 1 is 1.29 bits per heavy atom. The topological polar surface area (TPSA) is 86.7 Å². The minimum absolute atomic E-state index is 0.0861. The van der Waals surface area contributed by atoms with Crippen LogP contribution < -0.4 is 9.62 Å².